The van der Waals surface area contributed by atoms with E-state index in [9.17, 15) is 9.90 Å². The lowest BCUT2D eigenvalue weighted by atomic mass is 9.98. The third-order valence-corrected chi connectivity index (χ3v) is 5.64. The number of benzene rings is 1. The summed E-state index contributed by atoms with van der Waals surface area (Å²) in [6, 6.07) is 6.06. The summed E-state index contributed by atoms with van der Waals surface area (Å²) in [5.74, 6) is -0.769. The normalized spacial score (nSPS) is 17.9. The number of ether oxygens (including phenoxy) is 3. The number of carbonyl (C=O) groups excluding carboxylic acids is 1. The third kappa shape index (κ3) is 4.21. The van der Waals surface area contributed by atoms with Crippen molar-refractivity contribution in [3.63, 3.8) is 0 Å². The van der Waals surface area contributed by atoms with Crippen LogP contribution in [0.4, 0.5) is 4.39 Å². The van der Waals surface area contributed by atoms with Gasteiger partial charge >= 0.3 is 5.97 Å². The number of hydrogen-bond acceptors (Lipinski definition) is 7. The fourth-order valence-electron chi connectivity index (χ4n) is 4.17. The number of aryl methyl sites for hydroxylation is 2. The molecule has 4 rings (SSSR count). The second-order valence-corrected chi connectivity index (χ2v) is 7.90. The molecule has 0 amide bonds. The molecule has 2 atom stereocenters. The van der Waals surface area contributed by atoms with Crippen molar-refractivity contribution >= 4 is 5.97 Å². The number of halogens is 1. The molecule has 1 aliphatic heterocycles. The number of rotatable bonds is 6. The highest BCUT2D eigenvalue weighted by atomic mass is 19.1. The van der Waals surface area contributed by atoms with Gasteiger partial charge in [-0.15, -0.1) is 0 Å². The number of esters is 1. The second-order valence-electron chi connectivity index (χ2n) is 7.90. The van der Waals surface area contributed by atoms with Crippen LogP contribution in [0.25, 0.3) is 22.4 Å². The Bertz CT molecular complexity index is 1190. The molecule has 1 fully saturated rings. The molecule has 33 heavy (non-hydrogen) atoms. The van der Waals surface area contributed by atoms with E-state index in [1.54, 1.807) is 19.1 Å². The molecule has 1 saturated heterocycles. The lowest BCUT2D eigenvalue weighted by Gasteiger charge is -2.18. The van der Waals surface area contributed by atoms with Crippen molar-refractivity contribution in [1.29, 1.82) is 0 Å². The van der Waals surface area contributed by atoms with Crippen molar-refractivity contribution in [1.82, 2.24) is 14.8 Å². The molecule has 9 heteroatoms. The van der Waals surface area contributed by atoms with Gasteiger partial charge in [0.1, 0.15) is 23.5 Å². The molecular weight excluding hydrogens is 429 g/mol. The highest BCUT2D eigenvalue weighted by Crippen LogP contribution is 2.37. The van der Waals surface area contributed by atoms with E-state index in [0.29, 0.717) is 17.0 Å². The Kier molecular flexibility index (Phi) is 6.44. The number of pyridine rings is 1. The molecule has 0 bridgehead atoms. The van der Waals surface area contributed by atoms with Gasteiger partial charge in [0.05, 0.1) is 38.8 Å². The predicted octanol–water partition coefficient (Wildman–Crippen LogP) is 3.49. The van der Waals surface area contributed by atoms with Gasteiger partial charge in [-0.25, -0.2) is 14.2 Å². The molecule has 0 saturated carbocycles. The molecule has 174 valence electrons. The first-order valence-electron chi connectivity index (χ1n) is 10.7. The van der Waals surface area contributed by atoms with Crippen molar-refractivity contribution in [2.45, 2.75) is 32.9 Å². The van der Waals surface area contributed by atoms with E-state index in [2.05, 4.69) is 10.1 Å². The van der Waals surface area contributed by atoms with E-state index in [1.807, 2.05) is 19.9 Å². The summed E-state index contributed by atoms with van der Waals surface area (Å²) in [5, 5.41) is 14.6. The van der Waals surface area contributed by atoms with Crippen molar-refractivity contribution in [2.75, 3.05) is 26.9 Å². The second kappa shape index (κ2) is 9.29. The minimum absolute atomic E-state index is 0.119. The predicted molar refractivity (Wildman–Crippen MR) is 119 cm³/mol. The van der Waals surface area contributed by atoms with Gasteiger partial charge in [-0.1, -0.05) is 6.07 Å². The maximum Gasteiger partial charge on any atom is 0.341 e. The van der Waals surface area contributed by atoms with Crippen LogP contribution in [-0.4, -0.2) is 58.9 Å². The molecule has 2 aromatic heterocycles. The Morgan fingerprint density at radius 2 is 2.09 bits per heavy atom. The number of hydrogen-bond donors (Lipinski definition) is 1. The number of aliphatic hydroxyl groups is 1. The summed E-state index contributed by atoms with van der Waals surface area (Å²) in [7, 11) is 1.52. The number of methoxy groups -OCH3 is 1. The van der Waals surface area contributed by atoms with Gasteiger partial charge in [-0.05, 0) is 50.1 Å². The quantitative estimate of drug-likeness (QED) is 0.569. The summed E-state index contributed by atoms with van der Waals surface area (Å²) in [6.45, 7) is 5.97. The van der Waals surface area contributed by atoms with Crippen LogP contribution in [0.15, 0.2) is 30.5 Å². The maximum absolute atomic E-state index is 15.6. The van der Waals surface area contributed by atoms with Crippen molar-refractivity contribution < 1.29 is 28.5 Å². The van der Waals surface area contributed by atoms with Gasteiger partial charge in [-0.3, -0.25) is 4.68 Å². The zero-order chi connectivity index (χ0) is 23.7. The summed E-state index contributed by atoms with van der Waals surface area (Å²) >= 11 is 0. The molecule has 0 radical (unpaired) electrons. The number of aromatic nitrogens is 3. The lowest BCUT2D eigenvalue weighted by molar-refractivity contribution is 0.0527. The Hall–Kier alpha value is -3.30. The Balaban J connectivity index is 1.85. The van der Waals surface area contributed by atoms with Gasteiger partial charge in [0.15, 0.2) is 0 Å². The first-order valence-corrected chi connectivity index (χ1v) is 10.7. The molecule has 1 N–H and O–H groups in total. The van der Waals surface area contributed by atoms with Gasteiger partial charge in [-0.2, -0.15) is 5.10 Å². The number of carbonyl (C=O) groups is 1. The topological polar surface area (TPSA) is 95.7 Å². The van der Waals surface area contributed by atoms with E-state index in [0.717, 1.165) is 11.3 Å². The fourth-order valence-corrected chi connectivity index (χ4v) is 4.17. The molecule has 0 aliphatic carbocycles. The average molecular weight is 455 g/mol. The number of nitrogens with zero attached hydrogens (tertiary/aromatic N) is 3. The summed E-state index contributed by atoms with van der Waals surface area (Å²) in [4.78, 5) is 17.0. The van der Waals surface area contributed by atoms with Crippen LogP contribution >= 0.6 is 0 Å². The van der Waals surface area contributed by atoms with Gasteiger partial charge in [0, 0.05) is 16.8 Å². The van der Waals surface area contributed by atoms with Crippen LogP contribution < -0.4 is 4.74 Å². The lowest BCUT2D eigenvalue weighted by Crippen LogP contribution is -2.24. The molecule has 0 unspecified atom stereocenters. The van der Waals surface area contributed by atoms with Crippen LogP contribution in [0.3, 0.4) is 0 Å². The molecular formula is C24H26FN3O5. The van der Waals surface area contributed by atoms with Crippen LogP contribution in [-0.2, 0) is 9.47 Å². The van der Waals surface area contributed by atoms with Crippen LogP contribution in [0.1, 0.15) is 34.6 Å². The SMILES string of the molecule is CCOC(=O)c1cnn([C@@H]2COC[C@H]2O)c1-c1ccc(-c2c(C)cc(C)nc2OC)cc1F. The summed E-state index contributed by atoms with van der Waals surface area (Å²) in [6.07, 6.45) is 0.509. The maximum atomic E-state index is 15.6. The van der Waals surface area contributed by atoms with E-state index in [4.69, 9.17) is 14.2 Å². The highest BCUT2D eigenvalue weighted by Gasteiger charge is 2.33. The van der Waals surface area contributed by atoms with E-state index in [1.165, 1.54) is 24.1 Å². The Labute approximate surface area is 190 Å². The van der Waals surface area contributed by atoms with E-state index >= 15 is 4.39 Å². The third-order valence-electron chi connectivity index (χ3n) is 5.64. The molecule has 0 spiro atoms. The molecule has 8 nitrogen and oxygen atoms in total. The van der Waals surface area contributed by atoms with Crippen molar-refractivity contribution in [3.05, 3.63) is 53.1 Å². The monoisotopic (exact) mass is 455 g/mol. The van der Waals surface area contributed by atoms with Crippen molar-refractivity contribution in [3.8, 4) is 28.3 Å². The largest absolute Gasteiger partial charge is 0.481 e. The van der Waals surface area contributed by atoms with Crippen molar-refractivity contribution in [2.24, 2.45) is 0 Å². The summed E-state index contributed by atoms with van der Waals surface area (Å²) < 4.78 is 33.0. The first-order chi connectivity index (χ1) is 15.8. The van der Waals surface area contributed by atoms with E-state index < -0.39 is 23.9 Å². The van der Waals surface area contributed by atoms with Gasteiger partial charge < -0.3 is 19.3 Å². The van der Waals surface area contributed by atoms with Gasteiger partial charge in [0.2, 0.25) is 5.88 Å². The van der Waals surface area contributed by atoms with Gasteiger partial charge in [0.25, 0.3) is 0 Å². The average Bonchev–Trinajstić information content (AvgIpc) is 3.39. The minimum atomic E-state index is -0.827. The van der Waals surface area contributed by atoms with E-state index in [-0.39, 0.29) is 36.6 Å². The zero-order valence-electron chi connectivity index (χ0n) is 19.0. The molecule has 1 aliphatic rings. The Morgan fingerprint density at radius 3 is 2.73 bits per heavy atom. The standard InChI is InChI=1S/C24H26FN3O5/c1-5-33-24(30)17-10-26-28(19-11-32-12-20(19)29)22(17)16-7-6-15(9-18(16)25)21-13(2)8-14(3)27-23(21)31-4/h6-10,19-20,29H,5,11-12H2,1-4H3/t19-,20-/m1/s1. The van der Waals surface area contributed by atoms with Crippen LogP contribution in [0.5, 0.6) is 5.88 Å². The number of aliphatic hydroxyl groups excluding tert-OH is 1. The highest BCUT2D eigenvalue weighted by molar-refractivity contribution is 5.96. The summed E-state index contributed by atoms with van der Waals surface area (Å²) in [5.41, 5.74) is 3.49. The Morgan fingerprint density at radius 1 is 1.30 bits per heavy atom. The van der Waals surface area contributed by atoms with Crippen LogP contribution in [0.2, 0.25) is 0 Å². The minimum Gasteiger partial charge on any atom is -0.481 e. The first kappa shape index (κ1) is 22.9. The smallest absolute Gasteiger partial charge is 0.341 e. The van der Waals surface area contributed by atoms with Crippen LogP contribution in [0, 0.1) is 19.7 Å². The zero-order valence-corrected chi connectivity index (χ0v) is 19.0. The molecule has 3 aromatic rings. The fraction of sp³-hybridized carbons (Fsp3) is 0.375. The molecule has 3 heterocycles. The molecule has 1 aromatic carbocycles.